The summed E-state index contributed by atoms with van der Waals surface area (Å²) in [6, 6.07) is 8.89. The fourth-order valence-electron chi connectivity index (χ4n) is 3.63. The fraction of sp³-hybridized carbons (Fsp3) is 0.478. The summed E-state index contributed by atoms with van der Waals surface area (Å²) in [6.45, 7) is 3.71. The molecule has 1 aliphatic rings. The van der Waals surface area contributed by atoms with E-state index in [1.54, 1.807) is 25.3 Å². The lowest BCUT2D eigenvalue weighted by Crippen LogP contribution is -2.50. The number of benzene rings is 1. The van der Waals surface area contributed by atoms with Crippen molar-refractivity contribution in [2.75, 3.05) is 25.6 Å². The first-order valence-electron chi connectivity index (χ1n) is 10.6. The molecule has 10 heteroatoms. The number of hydrogen-bond donors (Lipinski definition) is 0. The highest BCUT2D eigenvalue weighted by atomic mass is 32.2. The van der Waals surface area contributed by atoms with E-state index in [1.165, 1.54) is 26.5 Å². The molecule has 0 bridgehead atoms. The number of methoxy groups -OCH3 is 3. The van der Waals surface area contributed by atoms with Crippen molar-refractivity contribution in [2.24, 2.45) is 5.92 Å². The third kappa shape index (κ3) is 4.85. The standard InChI is InChI=1S/C23H29N3O6S/c1-15(2)23(20(27)31-4,21(28)32-5)19-12-13-24-22(25-19)26(33(29)18-10-11-18)14-16-6-8-17(30-3)9-7-16/h6-9,12-13,15,18H,10-11,14H2,1-5H3. The third-order valence-electron chi connectivity index (χ3n) is 5.66. The average molecular weight is 476 g/mol. The van der Waals surface area contributed by atoms with Crippen LogP contribution in [0.2, 0.25) is 0 Å². The first-order chi connectivity index (χ1) is 15.8. The van der Waals surface area contributed by atoms with Crippen molar-refractivity contribution in [1.82, 2.24) is 9.97 Å². The van der Waals surface area contributed by atoms with Crippen LogP contribution in [0.5, 0.6) is 5.75 Å². The fourth-order valence-corrected chi connectivity index (χ4v) is 5.06. The van der Waals surface area contributed by atoms with Gasteiger partial charge in [-0.2, -0.15) is 0 Å². The van der Waals surface area contributed by atoms with Gasteiger partial charge in [0, 0.05) is 6.20 Å². The third-order valence-corrected chi connectivity index (χ3v) is 7.43. The molecule has 0 N–H and O–H groups in total. The summed E-state index contributed by atoms with van der Waals surface area (Å²) in [5.74, 6) is -1.21. The minimum absolute atomic E-state index is 0.0200. The van der Waals surface area contributed by atoms with Gasteiger partial charge in [0.2, 0.25) is 11.4 Å². The normalized spacial score (nSPS) is 14.5. The summed E-state index contributed by atoms with van der Waals surface area (Å²) < 4.78 is 30.0. The Bertz CT molecular complexity index is 1010. The van der Waals surface area contributed by atoms with Crippen LogP contribution >= 0.6 is 0 Å². The van der Waals surface area contributed by atoms with Crippen molar-refractivity contribution in [3.63, 3.8) is 0 Å². The number of aromatic nitrogens is 2. The molecule has 33 heavy (non-hydrogen) atoms. The van der Waals surface area contributed by atoms with Gasteiger partial charge in [-0.1, -0.05) is 26.0 Å². The number of hydrogen-bond acceptors (Lipinski definition) is 8. The van der Waals surface area contributed by atoms with E-state index in [4.69, 9.17) is 14.2 Å². The monoisotopic (exact) mass is 475 g/mol. The quantitative estimate of drug-likeness (QED) is 0.381. The van der Waals surface area contributed by atoms with Gasteiger partial charge in [-0.05, 0) is 42.5 Å². The molecular formula is C23H29N3O6S. The van der Waals surface area contributed by atoms with Gasteiger partial charge in [0.05, 0.1) is 38.8 Å². The van der Waals surface area contributed by atoms with Gasteiger partial charge in [-0.3, -0.25) is 13.9 Å². The summed E-state index contributed by atoms with van der Waals surface area (Å²) in [4.78, 5) is 34.7. The highest BCUT2D eigenvalue weighted by Crippen LogP contribution is 2.36. The summed E-state index contributed by atoms with van der Waals surface area (Å²) in [7, 11) is 2.63. The Balaban J connectivity index is 2.07. The molecule has 1 aliphatic carbocycles. The number of ether oxygens (including phenoxy) is 3. The van der Waals surface area contributed by atoms with E-state index < -0.39 is 34.3 Å². The summed E-state index contributed by atoms with van der Waals surface area (Å²) in [6.07, 6.45) is 3.16. The predicted octanol–water partition coefficient (Wildman–Crippen LogP) is 2.56. The molecular weight excluding hydrogens is 446 g/mol. The Hall–Kier alpha value is -3.01. The number of carbonyl (C=O) groups excluding carboxylic acids is 2. The Labute approximate surface area is 196 Å². The summed E-state index contributed by atoms with van der Waals surface area (Å²) in [5, 5.41) is 0.0200. The highest BCUT2D eigenvalue weighted by Gasteiger charge is 2.54. The van der Waals surface area contributed by atoms with Gasteiger partial charge in [0.25, 0.3) is 0 Å². The summed E-state index contributed by atoms with van der Waals surface area (Å²) >= 11 is 0. The summed E-state index contributed by atoms with van der Waals surface area (Å²) in [5.41, 5.74) is -0.766. The van der Waals surface area contributed by atoms with Crippen LogP contribution in [0.1, 0.15) is 37.9 Å². The van der Waals surface area contributed by atoms with Gasteiger partial charge in [-0.25, -0.2) is 14.2 Å². The van der Waals surface area contributed by atoms with Crippen molar-refractivity contribution >= 4 is 28.9 Å². The Kier molecular flexibility index (Phi) is 7.68. The van der Waals surface area contributed by atoms with Crippen molar-refractivity contribution in [1.29, 1.82) is 0 Å². The van der Waals surface area contributed by atoms with Crippen molar-refractivity contribution in [3.05, 3.63) is 47.8 Å². The molecule has 0 aliphatic heterocycles. The Morgan fingerprint density at radius 3 is 2.18 bits per heavy atom. The van der Waals surface area contributed by atoms with Crippen LogP contribution in [0.4, 0.5) is 5.95 Å². The molecule has 2 aromatic rings. The van der Waals surface area contributed by atoms with Gasteiger partial charge in [-0.15, -0.1) is 0 Å². The van der Waals surface area contributed by atoms with Gasteiger partial charge in [0.1, 0.15) is 16.7 Å². The molecule has 1 fully saturated rings. The molecule has 1 aromatic heterocycles. The topological polar surface area (TPSA) is 108 Å². The SMILES string of the molecule is COC(=O)C(C(=O)OC)(c1ccnc(N(Cc2ccc(OC)cc2)S(=O)C2CC2)n1)C(C)C. The van der Waals surface area contributed by atoms with Gasteiger partial charge >= 0.3 is 11.9 Å². The molecule has 1 saturated carbocycles. The van der Waals surface area contributed by atoms with E-state index in [2.05, 4.69) is 9.97 Å². The van der Waals surface area contributed by atoms with E-state index in [9.17, 15) is 13.8 Å². The number of nitrogens with zero attached hydrogens (tertiary/aromatic N) is 3. The largest absolute Gasteiger partial charge is 0.497 e. The van der Waals surface area contributed by atoms with Crippen molar-refractivity contribution in [2.45, 2.75) is 43.9 Å². The first-order valence-corrected chi connectivity index (χ1v) is 11.8. The van der Waals surface area contributed by atoms with Crippen LogP contribution in [-0.2, 0) is 42.0 Å². The number of anilines is 1. The highest BCUT2D eigenvalue weighted by molar-refractivity contribution is 7.87. The van der Waals surface area contributed by atoms with E-state index in [0.29, 0.717) is 5.75 Å². The first kappa shape index (κ1) is 24.6. The zero-order valence-electron chi connectivity index (χ0n) is 19.4. The number of rotatable bonds is 10. The van der Waals surface area contributed by atoms with Crippen LogP contribution < -0.4 is 9.04 Å². The average Bonchev–Trinajstić information content (AvgIpc) is 3.68. The second-order valence-corrected chi connectivity index (χ2v) is 9.71. The molecule has 1 unspecified atom stereocenters. The minimum Gasteiger partial charge on any atom is -0.497 e. The van der Waals surface area contributed by atoms with E-state index in [-0.39, 0.29) is 23.4 Å². The van der Waals surface area contributed by atoms with Crippen LogP contribution in [0, 0.1) is 5.92 Å². The second kappa shape index (κ2) is 10.3. The van der Waals surface area contributed by atoms with Crippen LogP contribution in [0.3, 0.4) is 0 Å². The van der Waals surface area contributed by atoms with Crippen LogP contribution in [0.25, 0.3) is 0 Å². The molecule has 0 amide bonds. The van der Waals surface area contributed by atoms with Crippen LogP contribution in [0.15, 0.2) is 36.5 Å². The number of carbonyl (C=O) groups is 2. The maximum absolute atomic E-state index is 13.3. The lowest BCUT2D eigenvalue weighted by atomic mass is 9.74. The molecule has 1 aromatic carbocycles. The van der Waals surface area contributed by atoms with E-state index in [1.807, 2.05) is 24.3 Å². The molecule has 0 spiro atoms. The second-order valence-electron chi connectivity index (χ2n) is 8.05. The van der Waals surface area contributed by atoms with Gasteiger partial charge < -0.3 is 14.2 Å². The number of esters is 2. The Morgan fingerprint density at radius 1 is 1.09 bits per heavy atom. The molecule has 0 radical (unpaired) electrons. The smallest absolute Gasteiger partial charge is 0.329 e. The molecule has 9 nitrogen and oxygen atoms in total. The molecule has 178 valence electrons. The molecule has 0 saturated heterocycles. The Morgan fingerprint density at radius 2 is 1.70 bits per heavy atom. The minimum atomic E-state index is -1.78. The van der Waals surface area contributed by atoms with Crippen molar-refractivity contribution < 1.29 is 28.0 Å². The molecule has 3 rings (SSSR count). The lowest BCUT2D eigenvalue weighted by molar-refractivity contribution is -0.165. The van der Waals surface area contributed by atoms with E-state index >= 15 is 0 Å². The van der Waals surface area contributed by atoms with Gasteiger partial charge in [0.15, 0.2) is 0 Å². The lowest BCUT2D eigenvalue weighted by Gasteiger charge is -2.32. The zero-order valence-corrected chi connectivity index (χ0v) is 20.3. The maximum Gasteiger partial charge on any atom is 0.329 e. The maximum atomic E-state index is 13.3. The zero-order chi connectivity index (χ0) is 24.2. The van der Waals surface area contributed by atoms with Crippen molar-refractivity contribution in [3.8, 4) is 5.75 Å². The molecule has 1 heterocycles. The predicted molar refractivity (Wildman–Crippen MR) is 123 cm³/mol. The van der Waals surface area contributed by atoms with Crippen LogP contribution in [-0.4, -0.2) is 52.7 Å². The van der Waals surface area contributed by atoms with E-state index in [0.717, 1.165) is 18.4 Å². The molecule has 1 atom stereocenters.